The van der Waals surface area contributed by atoms with Crippen LogP contribution in [0.15, 0.2) is 42.5 Å². The highest BCUT2D eigenvalue weighted by Crippen LogP contribution is 2.23. The number of nitrogens with one attached hydrogen (secondary N) is 2. The number of hydrogen-bond acceptors (Lipinski definition) is 2. The summed E-state index contributed by atoms with van der Waals surface area (Å²) in [6.45, 7) is 1.85. The molecule has 0 spiro atoms. The van der Waals surface area contributed by atoms with Crippen LogP contribution < -0.4 is 5.32 Å². The van der Waals surface area contributed by atoms with Gasteiger partial charge in [-0.2, -0.15) is 0 Å². The number of rotatable bonds is 4. The minimum Gasteiger partial charge on any atom is -0.350 e. The third-order valence-corrected chi connectivity index (χ3v) is 4.23. The summed E-state index contributed by atoms with van der Waals surface area (Å²) in [5.74, 6) is -0.753. The fourth-order valence-electron chi connectivity index (χ4n) is 2.74. The number of hydrogen-bond donors (Lipinski definition) is 2. The highest BCUT2D eigenvalue weighted by Gasteiger charge is 2.14. The zero-order valence-corrected chi connectivity index (χ0v) is 14.9. The van der Waals surface area contributed by atoms with E-state index in [0.29, 0.717) is 16.6 Å². The van der Waals surface area contributed by atoms with Crippen molar-refractivity contribution in [3.8, 4) is 0 Å². The van der Waals surface area contributed by atoms with Crippen molar-refractivity contribution in [1.82, 2.24) is 9.88 Å². The van der Waals surface area contributed by atoms with Crippen LogP contribution in [0.4, 0.5) is 10.1 Å². The summed E-state index contributed by atoms with van der Waals surface area (Å²) < 4.78 is 13.9. The van der Waals surface area contributed by atoms with E-state index < -0.39 is 0 Å². The van der Waals surface area contributed by atoms with Gasteiger partial charge in [-0.1, -0.05) is 18.2 Å². The second-order valence-corrected chi connectivity index (χ2v) is 6.46. The first-order valence-corrected chi connectivity index (χ1v) is 8.23. The van der Waals surface area contributed by atoms with E-state index in [4.69, 9.17) is 0 Å². The van der Waals surface area contributed by atoms with Gasteiger partial charge in [0, 0.05) is 25.2 Å². The van der Waals surface area contributed by atoms with Gasteiger partial charge in [0.2, 0.25) is 5.91 Å². The summed E-state index contributed by atoms with van der Waals surface area (Å²) in [5, 5.41) is 3.17. The minimum atomic E-state index is -0.370. The smallest absolute Gasteiger partial charge is 0.272 e. The van der Waals surface area contributed by atoms with Crippen LogP contribution in [-0.2, 0) is 11.2 Å². The number of H-pyrrole nitrogens is 1. The SMILES string of the molecule is Cc1ccc(F)c2cc(C(=O)Nc3cccc(CC(=O)N(C)C)c3)[nH]c12. The Bertz CT molecular complexity index is 953. The van der Waals surface area contributed by atoms with Crippen molar-refractivity contribution in [3.63, 3.8) is 0 Å². The van der Waals surface area contributed by atoms with Crippen molar-refractivity contribution in [2.75, 3.05) is 19.4 Å². The van der Waals surface area contributed by atoms with Crippen molar-refractivity contribution in [2.24, 2.45) is 0 Å². The Hall–Kier alpha value is -3.15. The molecule has 1 heterocycles. The first-order valence-electron chi connectivity index (χ1n) is 8.23. The summed E-state index contributed by atoms with van der Waals surface area (Å²) >= 11 is 0. The molecule has 2 aromatic carbocycles. The van der Waals surface area contributed by atoms with Crippen LogP contribution in [0.2, 0.25) is 0 Å². The van der Waals surface area contributed by atoms with E-state index in [1.807, 2.05) is 13.0 Å². The summed E-state index contributed by atoms with van der Waals surface area (Å²) in [4.78, 5) is 28.8. The molecule has 0 unspecified atom stereocenters. The molecule has 26 heavy (non-hydrogen) atoms. The Morgan fingerprint density at radius 2 is 1.92 bits per heavy atom. The lowest BCUT2D eigenvalue weighted by Gasteiger charge is -2.11. The Balaban J connectivity index is 1.81. The summed E-state index contributed by atoms with van der Waals surface area (Å²) in [6.07, 6.45) is 0.257. The first-order chi connectivity index (χ1) is 12.3. The third kappa shape index (κ3) is 3.59. The quantitative estimate of drug-likeness (QED) is 0.754. The highest BCUT2D eigenvalue weighted by atomic mass is 19.1. The summed E-state index contributed by atoms with van der Waals surface area (Å²) in [7, 11) is 3.40. The Morgan fingerprint density at radius 1 is 1.15 bits per heavy atom. The lowest BCUT2D eigenvalue weighted by molar-refractivity contribution is -0.127. The number of aryl methyl sites for hydroxylation is 1. The second-order valence-electron chi connectivity index (χ2n) is 6.46. The Labute approximate surface area is 150 Å². The van der Waals surface area contributed by atoms with Crippen molar-refractivity contribution < 1.29 is 14.0 Å². The molecule has 2 amide bonds. The molecule has 2 N–H and O–H groups in total. The molecule has 0 aliphatic carbocycles. The van der Waals surface area contributed by atoms with Gasteiger partial charge < -0.3 is 15.2 Å². The molecule has 0 radical (unpaired) electrons. The largest absolute Gasteiger partial charge is 0.350 e. The number of carbonyl (C=O) groups is 2. The fourth-order valence-corrected chi connectivity index (χ4v) is 2.74. The standard InChI is InChI=1S/C20H20FN3O2/c1-12-7-8-16(21)15-11-17(23-19(12)15)20(26)22-14-6-4-5-13(9-14)10-18(25)24(2)3/h4-9,11,23H,10H2,1-3H3,(H,22,26). The van der Waals surface area contributed by atoms with Gasteiger partial charge in [0.25, 0.3) is 5.91 Å². The van der Waals surface area contributed by atoms with Crippen molar-refractivity contribution in [2.45, 2.75) is 13.3 Å². The fraction of sp³-hybridized carbons (Fsp3) is 0.200. The molecule has 0 atom stereocenters. The molecule has 5 nitrogen and oxygen atoms in total. The van der Waals surface area contributed by atoms with E-state index in [0.717, 1.165) is 11.1 Å². The number of anilines is 1. The molecular formula is C20H20FN3O2. The molecule has 0 saturated carbocycles. The molecule has 3 aromatic rings. The van der Waals surface area contributed by atoms with Crippen LogP contribution in [-0.4, -0.2) is 35.8 Å². The van der Waals surface area contributed by atoms with E-state index in [2.05, 4.69) is 10.3 Å². The zero-order valence-electron chi connectivity index (χ0n) is 14.9. The first kappa shape index (κ1) is 17.7. The van der Waals surface area contributed by atoms with E-state index in [9.17, 15) is 14.0 Å². The topological polar surface area (TPSA) is 65.2 Å². The van der Waals surface area contributed by atoms with Crippen molar-refractivity contribution in [1.29, 1.82) is 0 Å². The average Bonchev–Trinajstić information content (AvgIpc) is 3.05. The molecule has 3 rings (SSSR count). The van der Waals surface area contributed by atoms with Gasteiger partial charge in [-0.3, -0.25) is 9.59 Å². The van der Waals surface area contributed by atoms with E-state index in [1.165, 1.54) is 17.0 Å². The van der Waals surface area contributed by atoms with E-state index in [-0.39, 0.29) is 29.7 Å². The minimum absolute atomic E-state index is 0.0185. The van der Waals surface area contributed by atoms with Crippen LogP contribution in [0.5, 0.6) is 0 Å². The number of likely N-dealkylation sites (N-methyl/N-ethyl adjacent to an activating group) is 1. The van der Waals surface area contributed by atoms with Crippen LogP contribution in [0.25, 0.3) is 10.9 Å². The number of amides is 2. The number of benzene rings is 2. The monoisotopic (exact) mass is 353 g/mol. The summed E-state index contributed by atoms with van der Waals surface area (Å²) in [6, 6.07) is 11.7. The lowest BCUT2D eigenvalue weighted by atomic mass is 10.1. The molecule has 0 saturated heterocycles. The van der Waals surface area contributed by atoms with Gasteiger partial charge in [0.05, 0.1) is 11.9 Å². The Kier molecular flexibility index (Phi) is 4.75. The molecular weight excluding hydrogens is 333 g/mol. The number of fused-ring (bicyclic) bond motifs is 1. The van der Waals surface area contributed by atoms with E-state index >= 15 is 0 Å². The number of halogens is 1. The average molecular weight is 353 g/mol. The summed E-state index contributed by atoms with van der Waals surface area (Å²) in [5.41, 5.74) is 3.14. The maximum Gasteiger partial charge on any atom is 0.272 e. The van der Waals surface area contributed by atoms with Gasteiger partial charge in [-0.05, 0) is 42.3 Å². The molecule has 0 aliphatic heterocycles. The number of aromatic amines is 1. The van der Waals surface area contributed by atoms with Crippen LogP contribution in [0.3, 0.4) is 0 Å². The molecule has 6 heteroatoms. The second kappa shape index (κ2) is 7.00. The number of carbonyl (C=O) groups excluding carboxylic acids is 2. The highest BCUT2D eigenvalue weighted by molar-refractivity contribution is 6.06. The van der Waals surface area contributed by atoms with Gasteiger partial charge in [-0.15, -0.1) is 0 Å². The van der Waals surface area contributed by atoms with Gasteiger partial charge in [0.15, 0.2) is 0 Å². The van der Waals surface area contributed by atoms with Crippen molar-refractivity contribution >= 4 is 28.4 Å². The zero-order chi connectivity index (χ0) is 18.8. The molecule has 0 aliphatic rings. The number of nitrogens with zero attached hydrogens (tertiary/aromatic N) is 1. The van der Waals surface area contributed by atoms with Gasteiger partial charge in [0.1, 0.15) is 11.5 Å². The normalized spacial score (nSPS) is 10.8. The predicted octanol–water partition coefficient (Wildman–Crippen LogP) is 3.50. The van der Waals surface area contributed by atoms with Gasteiger partial charge in [-0.25, -0.2) is 4.39 Å². The number of aromatic nitrogens is 1. The maximum absolute atomic E-state index is 13.9. The lowest BCUT2D eigenvalue weighted by Crippen LogP contribution is -2.23. The third-order valence-electron chi connectivity index (χ3n) is 4.23. The molecule has 0 fully saturated rings. The Morgan fingerprint density at radius 3 is 2.62 bits per heavy atom. The maximum atomic E-state index is 13.9. The van der Waals surface area contributed by atoms with Crippen LogP contribution >= 0.6 is 0 Å². The predicted molar refractivity (Wildman–Crippen MR) is 99.8 cm³/mol. The van der Waals surface area contributed by atoms with Crippen LogP contribution in [0.1, 0.15) is 21.6 Å². The molecule has 1 aromatic heterocycles. The van der Waals surface area contributed by atoms with E-state index in [1.54, 1.807) is 38.4 Å². The van der Waals surface area contributed by atoms with Crippen LogP contribution in [0, 0.1) is 12.7 Å². The van der Waals surface area contributed by atoms with Crippen molar-refractivity contribution in [3.05, 3.63) is 65.1 Å². The molecule has 134 valence electrons. The van der Waals surface area contributed by atoms with Gasteiger partial charge >= 0.3 is 0 Å². The molecule has 0 bridgehead atoms.